The van der Waals surface area contributed by atoms with Crippen LogP contribution in [-0.2, 0) is 17.8 Å². The first-order valence-corrected chi connectivity index (χ1v) is 7.92. The van der Waals surface area contributed by atoms with Crippen LogP contribution >= 0.6 is 12.4 Å². The van der Waals surface area contributed by atoms with Crippen molar-refractivity contribution in [2.45, 2.75) is 32.0 Å². The predicted octanol–water partition coefficient (Wildman–Crippen LogP) is 3.01. The lowest BCUT2D eigenvalue weighted by atomic mass is 9.95. The molecule has 0 saturated carbocycles. The third-order valence-corrected chi connectivity index (χ3v) is 4.37. The third-order valence-electron chi connectivity index (χ3n) is 4.37. The molecule has 1 heterocycles. The van der Waals surface area contributed by atoms with Crippen LogP contribution in [0.2, 0.25) is 0 Å². The quantitative estimate of drug-likeness (QED) is 0.894. The minimum absolute atomic E-state index is 0. The first-order valence-electron chi connectivity index (χ1n) is 7.92. The third kappa shape index (κ3) is 4.08. The molecule has 0 saturated heterocycles. The normalized spacial score (nSPS) is 17.2. The van der Waals surface area contributed by atoms with E-state index in [1.165, 1.54) is 11.1 Å². The Balaban J connectivity index is 0.00000208. The first-order chi connectivity index (χ1) is 11.2. The van der Waals surface area contributed by atoms with Gasteiger partial charge in [-0.05, 0) is 42.2 Å². The Kier molecular flexibility index (Phi) is 6.23. The summed E-state index contributed by atoms with van der Waals surface area (Å²) in [6.45, 7) is 2.74. The number of carbonyl (C=O) groups is 1. The second-order valence-corrected chi connectivity index (χ2v) is 5.91. The van der Waals surface area contributed by atoms with E-state index in [-0.39, 0.29) is 30.4 Å². The highest BCUT2D eigenvalue weighted by Gasteiger charge is 2.24. The van der Waals surface area contributed by atoms with Crippen molar-refractivity contribution in [2.75, 3.05) is 7.11 Å². The molecule has 0 radical (unpaired) electrons. The fraction of sp³-hybridized carbons (Fsp3) is 0.316. The van der Waals surface area contributed by atoms with Crippen molar-refractivity contribution >= 4 is 18.3 Å². The number of ether oxygens (including phenoxy) is 1. The first kappa shape index (κ1) is 18.3. The van der Waals surface area contributed by atoms with Crippen LogP contribution in [0.15, 0.2) is 48.5 Å². The number of halogens is 1. The molecule has 0 bridgehead atoms. The molecular weight excluding hydrogens is 324 g/mol. The number of amides is 1. The maximum atomic E-state index is 12.5. The number of hydrogen-bond donors (Lipinski definition) is 2. The van der Waals surface area contributed by atoms with Gasteiger partial charge in [0.05, 0.1) is 19.2 Å². The molecule has 2 atom stereocenters. The summed E-state index contributed by atoms with van der Waals surface area (Å²) in [5, 5.41) is 6.41. The zero-order valence-electron chi connectivity index (χ0n) is 13.9. The van der Waals surface area contributed by atoms with Crippen molar-refractivity contribution in [1.29, 1.82) is 0 Å². The van der Waals surface area contributed by atoms with Crippen molar-refractivity contribution < 1.29 is 9.53 Å². The van der Waals surface area contributed by atoms with Crippen LogP contribution in [0, 0.1) is 0 Å². The summed E-state index contributed by atoms with van der Waals surface area (Å²) in [5.74, 6) is 0.862. The number of nitrogens with one attached hydrogen (secondary N) is 2. The Morgan fingerprint density at radius 3 is 2.50 bits per heavy atom. The van der Waals surface area contributed by atoms with Crippen molar-refractivity contribution in [3.8, 4) is 5.75 Å². The minimum Gasteiger partial charge on any atom is -0.497 e. The van der Waals surface area contributed by atoms with Gasteiger partial charge in [0.1, 0.15) is 5.75 Å². The number of hydrogen-bond acceptors (Lipinski definition) is 3. The monoisotopic (exact) mass is 346 g/mol. The maximum absolute atomic E-state index is 12.5. The Bertz CT molecular complexity index is 688. The van der Waals surface area contributed by atoms with Crippen LogP contribution in [0.5, 0.6) is 5.75 Å². The summed E-state index contributed by atoms with van der Waals surface area (Å²) >= 11 is 0. The zero-order chi connectivity index (χ0) is 16.2. The molecule has 0 spiro atoms. The van der Waals surface area contributed by atoms with E-state index in [1.807, 2.05) is 43.3 Å². The molecule has 4 nitrogen and oxygen atoms in total. The van der Waals surface area contributed by atoms with Crippen LogP contribution in [0.1, 0.15) is 29.7 Å². The van der Waals surface area contributed by atoms with Gasteiger partial charge in [0.25, 0.3) is 0 Å². The van der Waals surface area contributed by atoms with Gasteiger partial charge in [-0.2, -0.15) is 0 Å². The summed E-state index contributed by atoms with van der Waals surface area (Å²) < 4.78 is 5.16. The molecule has 5 heteroatoms. The molecule has 1 aliphatic heterocycles. The molecule has 0 aromatic heterocycles. The number of fused-ring (bicyclic) bond motifs is 1. The molecule has 2 N–H and O–H groups in total. The average Bonchev–Trinajstić information content (AvgIpc) is 2.61. The van der Waals surface area contributed by atoms with Crippen LogP contribution < -0.4 is 15.4 Å². The van der Waals surface area contributed by atoms with Crippen molar-refractivity contribution in [3.63, 3.8) is 0 Å². The Morgan fingerprint density at radius 2 is 1.83 bits per heavy atom. The summed E-state index contributed by atoms with van der Waals surface area (Å²) in [6, 6.07) is 15.8. The van der Waals surface area contributed by atoms with Gasteiger partial charge in [0.15, 0.2) is 0 Å². The van der Waals surface area contributed by atoms with Gasteiger partial charge in [-0.15, -0.1) is 12.4 Å². The smallest absolute Gasteiger partial charge is 0.237 e. The Hall–Kier alpha value is -2.04. The van der Waals surface area contributed by atoms with E-state index in [4.69, 9.17) is 4.74 Å². The largest absolute Gasteiger partial charge is 0.497 e. The molecule has 24 heavy (non-hydrogen) atoms. The van der Waals surface area contributed by atoms with Gasteiger partial charge >= 0.3 is 0 Å². The van der Waals surface area contributed by atoms with Crippen molar-refractivity contribution in [1.82, 2.24) is 10.6 Å². The van der Waals surface area contributed by atoms with E-state index >= 15 is 0 Å². The number of methoxy groups -OCH3 is 1. The van der Waals surface area contributed by atoms with E-state index in [0.717, 1.165) is 24.3 Å². The highest BCUT2D eigenvalue weighted by atomic mass is 35.5. The molecular formula is C19H23ClN2O2. The molecule has 0 aliphatic carbocycles. The second kappa shape index (κ2) is 8.18. The Morgan fingerprint density at radius 1 is 1.17 bits per heavy atom. The number of benzene rings is 2. The molecule has 3 rings (SSSR count). The highest BCUT2D eigenvalue weighted by molar-refractivity contribution is 5.85. The summed E-state index contributed by atoms with van der Waals surface area (Å²) in [7, 11) is 1.65. The van der Waals surface area contributed by atoms with E-state index in [9.17, 15) is 4.79 Å². The van der Waals surface area contributed by atoms with E-state index in [2.05, 4.69) is 22.8 Å². The van der Waals surface area contributed by atoms with Crippen molar-refractivity contribution in [3.05, 3.63) is 65.2 Å². The fourth-order valence-electron chi connectivity index (χ4n) is 2.93. The molecule has 1 amide bonds. The van der Waals surface area contributed by atoms with Gasteiger partial charge in [0, 0.05) is 6.54 Å². The summed E-state index contributed by atoms with van der Waals surface area (Å²) in [4.78, 5) is 12.5. The van der Waals surface area contributed by atoms with Crippen molar-refractivity contribution in [2.24, 2.45) is 0 Å². The van der Waals surface area contributed by atoms with Crippen LogP contribution in [0.3, 0.4) is 0 Å². The fourth-order valence-corrected chi connectivity index (χ4v) is 2.93. The topological polar surface area (TPSA) is 50.4 Å². The standard InChI is InChI=1S/C19H22N2O2.ClH/c1-13(14-7-9-17(23-2)10-8-14)21-19(22)18-11-15-5-3-4-6-16(15)12-20-18;/h3-10,13,18,20H,11-12H2,1-2H3,(H,21,22);1H. The number of carbonyl (C=O) groups excluding carboxylic acids is 1. The van der Waals surface area contributed by atoms with Gasteiger partial charge in [0.2, 0.25) is 5.91 Å². The predicted molar refractivity (Wildman–Crippen MR) is 97.6 cm³/mol. The Labute approximate surface area is 149 Å². The molecule has 128 valence electrons. The zero-order valence-corrected chi connectivity index (χ0v) is 14.7. The molecule has 2 unspecified atom stereocenters. The van der Waals surface area contributed by atoms with Gasteiger partial charge < -0.3 is 15.4 Å². The molecule has 2 aromatic rings. The maximum Gasteiger partial charge on any atom is 0.237 e. The lowest BCUT2D eigenvalue weighted by Gasteiger charge is -2.26. The molecule has 1 aliphatic rings. The SMILES string of the molecule is COc1ccc(C(C)NC(=O)C2Cc3ccccc3CN2)cc1.Cl. The van der Waals surface area contributed by atoms with Crippen LogP contribution in [0.4, 0.5) is 0 Å². The molecule has 0 fully saturated rings. The minimum atomic E-state index is -0.175. The average molecular weight is 347 g/mol. The summed E-state index contributed by atoms with van der Waals surface area (Å²) in [5.41, 5.74) is 3.60. The molecule has 2 aromatic carbocycles. The lowest BCUT2D eigenvalue weighted by Crippen LogP contribution is -2.48. The number of rotatable bonds is 4. The second-order valence-electron chi connectivity index (χ2n) is 5.91. The summed E-state index contributed by atoms with van der Waals surface area (Å²) in [6.07, 6.45) is 0.733. The lowest BCUT2D eigenvalue weighted by molar-refractivity contribution is -0.124. The van der Waals surface area contributed by atoms with Crippen LogP contribution in [0.25, 0.3) is 0 Å². The van der Waals surface area contributed by atoms with E-state index < -0.39 is 0 Å². The van der Waals surface area contributed by atoms with E-state index in [1.54, 1.807) is 7.11 Å². The van der Waals surface area contributed by atoms with Gasteiger partial charge in [-0.3, -0.25) is 4.79 Å². The van der Waals surface area contributed by atoms with Gasteiger partial charge in [-0.1, -0.05) is 36.4 Å². The highest BCUT2D eigenvalue weighted by Crippen LogP contribution is 2.19. The van der Waals surface area contributed by atoms with Crippen LogP contribution in [-0.4, -0.2) is 19.1 Å². The van der Waals surface area contributed by atoms with E-state index in [0.29, 0.717) is 0 Å². The van der Waals surface area contributed by atoms with Gasteiger partial charge in [-0.25, -0.2) is 0 Å².